The maximum atomic E-state index is 13.6. The van der Waals surface area contributed by atoms with Crippen LogP contribution in [0.2, 0.25) is 0 Å². The average molecular weight is 331 g/mol. The minimum Gasteiger partial charge on any atom is -0.497 e. The Morgan fingerprint density at radius 3 is 2.64 bits per heavy atom. The third kappa shape index (κ3) is 3.48. The molecular formula is C17H14FNOS2. The second-order valence-corrected chi connectivity index (χ2v) is 6.47. The summed E-state index contributed by atoms with van der Waals surface area (Å²) in [6, 6.07) is 14.6. The van der Waals surface area contributed by atoms with Crippen molar-refractivity contribution in [2.45, 2.75) is 10.6 Å². The number of hydrogen-bond acceptors (Lipinski definition) is 4. The van der Waals surface area contributed by atoms with Crippen LogP contribution in [0.15, 0.2) is 58.8 Å². The Kier molecular flexibility index (Phi) is 4.75. The zero-order valence-corrected chi connectivity index (χ0v) is 13.6. The number of aromatic nitrogens is 1. The van der Waals surface area contributed by atoms with E-state index in [0.717, 1.165) is 22.0 Å². The van der Waals surface area contributed by atoms with Crippen molar-refractivity contribution in [2.24, 2.45) is 0 Å². The number of thiazole rings is 1. The summed E-state index contributed by atoms with van der Waals surface area (Å²) in [5.41, 5.74) is 2.03. The number of hydrogen-bond donors (Lipinski definition) is 0. The molecule has 0 N–H and O–H groups in total. The number of halogens is 1. The molecular weight excluding hydrogens is 317 g/mol. The van der Waals surface area contributed by atoms with Crippen LogP contribution in [0.3, 0.4) is 0 Å². The van der Waals surface area contributed by atoms with Crippen molar-refractivity contribution in [2.75, 3.05) is 7.11 Å². The Morgan fingerprint density at radius 1 is 1.14 bits per heavy atom. The van der Waals surface area contributed by atoms with Gasteiger partial charge in [-0.1, -0.05) is 12.1 Å². The molecule has 3 rings (SSSR count). The topological polar surface area (TPSA) is 22.1 Å². The predicted molar refractivity (Wildman–Crippen MR) is 90.1 cm³/mol. The first-order chi connectivity index (χ1) is 10.8. The van der Waals surface area contributed by atoms with E-state index in [1.807, 2.05) is 35.7 Å². The Balaban J connectivity index is 1.69. The van der Waals surface area contributed by atoms with Gasteiger partial charge in [0.05, 0.1) is 12.8 Å². The summed E-state index contributed by atoms with van der Waals surface area (Å²) < 4.78 is 18.7. The molecule has 22 heavy (non-hydrogen) atoms. The van der Waals surface area contributed by atoms with Gasteiger partial charge in [-0.05, 0) is 36.4 Å². The molecule has 1 aromatic heterocycles. The second-order valence-electron chi connectivity index (χ2n) is 4.59. The highest BCUT2D eigenvalue weighted by Crippen LogP contribution is 2.29. The van der Waals surface area contributed by atoms with Crippen molar-refractivity contribution in [1.82, 2.24) is 4.98 Å². The lowest BCUT2D eigenvalue weighted by atomic mass is 10.2. The van der Waals surface area contributed by atoms with E-state index in [9.17, 15) is 4.39 Å². The first-order valence-corrected chi connectivity index (χ1v) is 8.59. The van der Waals surface area contributed by atoms with E-state index in [0.29, 0.717) is 10.6 Å². The van der Waals surface area contributed by atoms with E-state index in [1.54, 1.807) is 30.6 Å². The highest BCUT2D eigenvalue weighted by atomic mass is 32.2. The Morgan fingerprint density at radius 2 is 1.91 bits per heavy atom. The van der Waals surface area contributed by atoms with Gasteiger partial charge in [-0.25, -0.2) is 9.37 Å². The fourth-order valence-electron chi connectivity index (χ4n) is 1.95. The summed E-state index contributed by atoms with van der Waals surface area (Å²) in [5, 5.41) is 2.99. The minimum absolute atomic E-state index is 0.182. The van der Waals surface area contributed by atoms with Crippen LogP contribution in [0.4, 0.5) is 4.39 Å². The van der Waals surface area contributed by atoms with Crippen molar-refractivity contribution in [3.63, 3.8) is 0 Å². The molecule has 2 aromatic carbocycles. The SMILES string of the molecule is COc1ccc(-c2nc(CSc3ccccc3F)cs2)cc1. The Hall–Kier alpha value is -1.85. The lowest BCUT2D eigenvalue weighted by Crippen LogP contribution is -1.85. The van der Waals surface area contributed by atoms with Crippen LogP contribution in [0.1, 0.15) is 5.69 Å². The molecule has 0 bridgehead atoms. The van der Waals surface area contributed by atoms with E-state index < -0.39 is 0 Å². The van der Waals surface area contributed by atoms with Crippen molar-refractivity contribution in [3.05, 3.63) is 65.4 Å². The van der Waals surface area contributed by atoms with Gasteiger partial charge in [0.2, 0.25) is 0 Å². The maximum absolute atomic E-state index is 13.6. The van der Waals surface area contributed by atoms with Crippen molar-refractivity contribution < 1.29 is 9.13 Å². The van der Waals surface area contributed by atoms with Crippen molar-refractivity contribution in [1.29, 1.82) is 0 Å². The normalized spacial score (nSPS) is 10.6. The number of benzene rings is 2. The molecule has 2 nitrogen and oxygen atoms in total. The van der Waals surface area contributed by atoms with Crippen LogP contribution in [0.5, 0.6) is 5.75 Å². The number of rotatable bonds is 5. The van der Waals surface area contributed by atoms with Crippen LogP contribution >= 0.6 is 23.1 Å². The van der Waals surface area contributed by atoms with Gasteiger partial charge >= 0.3 is 0 Å². The first-order valence-electron chi connectivity index (χ1n) is 6.72. The molecule has 0 radical (unpaired) electrons. The van der Waals surface area contributed by atoms with Crippen LogP contribution < -0.4 is 4.74 Å². The first kappa shape index (κ1) is 15.1. The summed E-state index contributed by atoms with van der Waals surface area (Å²) in [6.45, 7) is 0. The largest absolute Gasteiger partial charge is 0.497 e. The van der Waals surface area contributed by atoms with Crippen molar-refractivity contribution >= 4 is 23.1 Å². The molecule has 0 aliphatic rings. The Labute approximate surface area is 137 Å². The van der Waals surface area contributed by atoms with Gasteiger partial charge in [-0.15, -0.1) is 23.1 Å². The fourth-order valence-corrected chi connectivity index (χ4v) is 3.72. The smallest absolute Gasteiger partial charge is 0.136 e. The predicted octanol–water partition coefficient (Wildman–Crippen LogP) is 5.25. The minimum atomic E-state index is -0.182. The van der Waals surface area contributed by atoms with E-state index in [4.69, 9.17) is 4.74 Å². The van der Waals surface area contributed by atoms with E-state index in [2.05, 4.69) is 4.98 Å². The van der Waals surface area contributed by atoms with E-state index in [-0.39, 0.29) is 5.82 Å². The van der Waals surface area contributed by atoms with E-state index >= 15 is 0 Å². The van der Waals surface area contributed by atoms with Crippen LogP contribution in [0, 0.1) is 5.82 Å². The molecule has 1 heterocycles. The number of methoxy groups -OCH3 is 1. The van der Waals surface area contributed by atoms with Gasteiger partial charge in [0.1, 0.15) is 16.6 Å². The molecule has 0 saturated carbocycles. The lowest BCUT2D eigenvalue weighted by Gasteiger charge is -2.01. The zero-order valence-electron chi connectivity index (χ0n) is 12.0. The fraction of sp³-hybridized carbons (Fsp3) is 0.118. The van der Waals surface area contributed by atoms with Gasteiger partial charge < -0.3 is 4.74 Å². The molecule has 0 unspecified atom stereocenters. The number of ether oxygens (including phenoxy) is 1. The zero-order chi connectivity index (χ0) is 15.4. The third-order valence-corrected chi connectivity index (χ3v) is 5.12. The molecule has 3 aromatic rings. The molecule has 0 saturated heterocycles. The molecule has 0 aliphatic heterocycles. The van der Waals surface area contributed by atoms with E-state index in [1.165, 1.54) is 17.8 Å². The maximum Gasteiger partial charge on any atom is 0.136 e. The third-order valence-electron chi connectivity index (χ3n) is 3.10. The molecule has 0 atom stereocenters. The summed E-state index contributed by atoms with van der Waals surface area (Å²) >= 11 is 3.06. The quantitative estimate of drug-likeness (QED) is 0.596. The molecule has 112 valence electrons. The second kappa shape index (κ2) is 6.94. The molecule has 0 spiro atoms. The molecule has 5 heteroatoms. The van der Waals surface area contributed by atoms with Gasteiger partial charge in [0, 0.05) is 21.6 Å². The van der Waals surface area contributed by atoms with Gasteiger partial charge in [-0.3, -0.25) is 0 Å². The van der Waals surface area contributed by atoms with Crippen LogP contribution in [0.25, 0.3) is 10.6 Å². The number of thioether (sulfide) groups is 1. The van der Waals surface area contributed by atoms with Gasteiger partial charge in [0.25, 0.3) is 0 Å². The van der Waals surface area contributed by atoms with Crippen LogP contribution in [-0.2, 0) is 5.75 Å². The summed E-state index contributed by atoms with van der Waals surface area (Å²) in [5.74, 6) is 1.31. The van der Waals surface area contributed by atoms with Gasteiger partial charge in [-0.2, -0.15) is 0 Å². The summed E-state index contributed by atoms with van der Waals surface area (Å²) in [7, 11) is 1.65. The highest BCUT2D eigenvalue weighted by molar-refractivity contribution is 7.98. The highest BCUT2D eigenvalue weighted by Gasteiger charge is 2.07. The average Bonchev–Trinajstić information content (AvgIpc) is 3.03. The van der Waals surface area contributed by atoms with Crippen molar-refractivity contribution in [3.8, 4) is 16.3 Å². The molecule has 0 fully saturated rings. The monoisotopic (exact) mass is 331 g/mol. The molecule has 0 aliphatic carbocycles. The molecule has 0 amide bonds. The van der Waals surface area contributed by atoms with Crippen LogP contribution in [-0.4, -0.2) is 12.1 Å². The number of nitrogens with zero attached hydrogens (tertiary/aromatic N) is 1. The summed E-state index contributed by atoms with van der Waals surface area (Å²) in [6.07, 6.45) is 0. The summed E-state index contributed by atoms with van der Waals surface area (Å²) in [4.78, 5) is 5.27. The standard InChI is InChI=1S/C17H14FNOS2/c1-20-14-8-6-12(7-9-14)17-19-13(11-22-17)10-21-16-5-3-2-4-15(16)18/h2-9,11H,10H2,1H3. The Bertz CT molecular complexity index is 755. The lowest BCUT2D eigenvalue weighted by molar-refractivity contribution is 0.415. The van der Waals surface area contributed by atoms with Gasteiger partial charge in [0.15, 0.2) is 0 Å².